The van der Waals surface area contributed by atoms with Crippen LogP contribution in [0.3, 0.4) is 0 Å². The Kier molecular flexibility index (Phi) is 3.87. The largest absolute Gasteiger partial charge is 0.478 e. The van der Waals surface area contributed by atoms with Gasteiger partial charge in [-0.1, -0.05) is 0 Å². The number of carbonyl (C=O) groups is 1. The minimum absolute atomic E-state index is 0.124. The summed E-state index contributed by atoms with van der Waals surface area (Å²) >= 11 is 0. The zero-order valence-corrected chi connectivity index (χ0v) is 11.2. The van der Waals surface area contributed by atoms with Gasteiger partial charge < -0.3 is 10.4 Å². The average molecular weight is 281 g/mol. The number of nitrogens with zero attached hydrogens (tertiary/aromatic N) is 4. The van der Waals surface area contributed by atoms with E-state index in [-0.39, 0.29) is 17.7 Å². The molecule has 21 heavy (non-hydrogen) atoms. The molecule has 104 valence electrons. The molecule has 0 aliphatic heterocycles. The van der Waals surface area contributed by atoms with Gasteiger partial charge in [0.15, 0.2) is 0 Å². The molecule has 0 atom stereocenters. The van der Waals surface area contributed by atoms with Crippen LogP contribution in [0.5, 0.6) is 0 Å². The highest BCUT2D eigenvalue weighted by Crippen LogP contribution is 2.16. The van der Waals surface area contributed by atoms with Crippen LogP contribution in [-0.2, 0) is 13.6 Å². The summed E-state index contributed by atoms with van der Waals surface area (Å²) in [7, 11) is 1.66. The molecule has 0 saturated carbocycles. The summed E-state index contributed by atoms with van der Waals surface area (Å²) in [5.41, 5.74) is 1.84. The molecule has 1 heterocycles. The molecule has 1 aromatic carbocycles. The SMILES string of the molecule is Cn1ncc(C(=O)O)c1CNc1ccc(C#N)c(C#N)c1. The number of nitriles is 2. The summed E-state index contributed by atoms with van der Waals surface area (Å²) in [6, 6.07) is 8.64. The number of anilines is 1. The number of hydrogen-bond donors (Lipinski definition) is 2. The number of aromatic nitrogens is 2. The molecule has 7 heteroatoms. The Morgan fingerprint density at radius 2 is 2.10 bits per heavy atom. The zero-order valence-electron chi connectivity index (χ0n) is 11.2. The van der Waals surface area contributed by atoms with E-state index in [4.69, 9.17) is 15.6 Å². The highest BCUT2D eigenvalue weighted by molar-refractivity contribution is 5.88. The van der Waals surface area contributed by atoms with Crippen molar-refractivity contribution in [3.63, 3.8) is 0 Å². The van der Waals surface area contributed by atoms with E-state index < -0.39 is 5.97 Å². The lowest BCUT2D eigenvalue weighted by Gasteiger charge is -2.08. The van der Waals surface area contributed by atoms with E-state index in [0.29, 0.717) is 16.9 Å². The molecule has 0 saturated heterocycles. The van der Waals surface area contributed by atoms with Gasteiger partial charge in [-0.2, -0.15) is 15.6 Å². The van der Waals surface area contributed by atoms with Crippen LogP contribution in [0.1, 0.15) is 27.2 Å². The van der Waals surface area contributed by atoms with Crippen molar-refractivity contribution in [2.24, 2.45) is 7.05 Å². The van der Waals surface area contributed by atoms with Gasteiger partial charge in [-0.05, 0) is 18.2 Å². The summed E-state index contributed by atoms with van der Waals surface area (Å²) in [5, 5.41) is 33.8. The third-order valence-electron chi connectivity index (χ3n) is 3.01. The second kappa shape index (κ2) is 5.76. The molecule has 0 amide bonds. The summed E-state index contributed by atoms with van der Waals surface area (Å²) in [6.45, 7) is 0.245. The Morgan fingerprint density at radius 1 is 1.38 bits per heavy atom. The lowest BCUT2D eigenvalue weighted by atomic mass is 10.1. The molecule has 0 spiro atoms. The Bertz CT molecular complexity index is 780. The lowest BCUT2D eigenvalue weighted by molar-refractivity contribution is 0.0695. The first-order valence-electron chi connectivity index (χ1n) is 5.99. The van der Waals surface area contributed by atoms with E-state index in [9.17, 15) is 4.79 Å². The second-order valence-corrected chi connectivity index (χ2v) is 4.27. The molecule has 2 N–H and O–H groups in total. The number of nitrogens with one attached hydrogen (secondary N) is 1. The van der Waals surface area contributed by atoms with Crippen LogP contribution in [0.15, 0.2) is 24.4 Å². The third kappa shape index (κ3) is 2.82. The van der Waals surface area contributed by atoms with Gasteiger partial charge in [0.1, 0.15) is 17.7 Å². The number of benzene rings is 1. The van der Waals surface area contributed by atoms with Gasteiger partial charge in [-0.15, -0.1) is 0 Å². The van der Waals surface area contributed by atoms with Gasteiger partial charge in [0.25, 0.3) is 0 Å². The monoisotopic (exact) mass is 281 g/mol. The molecule has 0 bridgehead atoms. The highest BCUT2D eigenvalue weighted by Gasteiger charge is 2.14. The van der Waals surface area contributed by atoms with Crippen LogP contribution >= 0.6 is 0 Å². The van der Waals surface area contributed by atoms with Crippen molar-refractivity contribution in [3.8, 4) is 12.1 Å². The van der Waals surface area contributed by atoms with Crippen LogP contribution in [0, 0.1) is 22.7 Å². The van der Waals surface area contributed by atoms with E-state index >= 15 is 0 Å². The fourth-order valence-corrected chi connectivity index (χ4v) is 1.88. The molecule has 7 nitrogen and oxygen atoms in total. The molecular formula is C14H11N5O2. The second-order valence-electron chi connectivity index (χ2n) is 4.27. The predicted molar refractivity (Wildman–Crippen MR) is 73.4 cm³/mol. The minimum Gasteiger partial charge on any atom is -0.478 e. The van der Waals surface area contributed by atoms with Crippen molar-refractivity contribution in [3.05, 3.63) is 46.8 Å². The quantitative estimate of drug-likeness (QED) is 0.877. The van der Waals surface area contributed by atoms with E-state index in [1.807, 2.05) is 12.1 Å². The third-order valence-corrected chi connectivity index (χ3v) is 3.01. The number of carboxylic acids is 1. The maximum Gasteiger partial charge on any atom is 0.339 e. The van der Waals surface area contributed by atoms with Gasteiger partial charge >= 0.3 is 5.97 Å². The molecule has 0 unspecified atom stereocenters. The number of aryl methyl sites for hydroxylation is 1. The van der Waals surface area contributed by atoms with Gasteiger partial charge in [-0.25, -0.2) is 4.79 Å². The topological polar surface area (TPSA) is 115 Å². The molecule has 0 radical (unpaired) electrons. The van der Waals surface area contributed by atoms with Crippen LogP contribution in [0.2, 0.25) is 0 Å². The molecule has 0 fully saturated rings. The minimum atomic E-state index is -1.04. The van der Waals surface area contributed by atoms with E-state index in [1.165, 1.54) is 10.9 Å². The first kappa shape index (κ1) is 14.1. The van der Waals surface area contributed by atoms with E-state index in [1.54, 1.807) is 25.2 Å². The normalized spacial score (nSPS) is 9.67. The maximum absolute atomic E-state index is 11.1. The predicted octanol–water partition coefficient (Wildman–Crippen LogP) is 1.47. The zero-order chi connectivity index (χ0) is 15.4. The van der Waals surface area contributed by atoms with Crippen molar-refractivity contribution in [2.45, 2.75) is 6.54 Å². The number of carboxylic acid groups (broad SMARTS) is 1. The van der Waals surface area contributed by atoms with Crippen molar-refractivity contribution in [2.75, 3.05) is 5.32 Å². The smallest absolute Gasteiger partial charge is 0.339 e. The van der Waals surface area contributed by atoms with Crippen molar-refractivity contribution < 1.29 is 9.90 Å². The van der Waals surface area contributed by atoms with Gasteiger partial charge in [0, 0.05) is 12.7 Å². The van der Waals surface area contributed by atoms with Crippen LogP contribution in [0.25, 0.3) is 0 Å². The summed E-state index contributed by atoms with van der Waals surface area (Å²) in [5.74, 6) is -1.04. The maximum atomic E-state index is 11.1. The molecule has 2 aromatic rings. The number of aromatic carboxylic acids is 1. The van der Waals surface area contributed by atoms with Gasteiger partial charge in [0.05, 0.1) is 29.6 Å². The van der Waals surface area contributed by atoms with Crippen LogP contribution in [-0.4, -0.2) is 20.9 Å². The lowest BCUT2D eigenvalue weighted by Crippen LogP contribution is -2.10. The average Bonchev–Trinajstić information content (AvgIpc) is 2.86. The summed E-state index contributed by atoms with van der Waals surface area (Å²) < 4.78 is 1.48. The molecular weight excluding hydrogens is 270 g/mol. The molecule has 1 aromatic heterocycles. The van der Waals surface area contributed by atoms with Gasteiger partial charge in [0.2, 0.25) is 0 Å². The Balaban J connectivity index is 2.22. The van der Waals surface area contributed by atoms with E-state index in [2.05, 4.69) is 10.4 Å². The standard InChI is InChI=1S/C14H11N5O2/c1-19-13(12(7-18-19)14(20)21)8-17-11-3-2-9(5-15)10(4-11)6-16/h2-4,7,17H,8H2,1H3,(H,20,21). The first-order chi connectivity index (χ1) is 10.1. The fourth-order valence-electron chi connectivity index (χ4n) is 1.88. The molecule has 0 aliphatic rings. The number of rotatable bonds is 4. The summed E-state index contributed by atoms with van der Waals surface area (Å²) in [6.07, 6.45) is 1.29. The molecule has 0 aliphatic carbocycles. The van der Waals surface area contributed by atoms with Crippen molar-refractivity contribution in [1.29, 1.82) is 10.5 Å². The Morgan fingerprint density at radius 3 is 2.71 bits per heavy atom. The first-order valence-corrected chi connectivity index (χ1v) is 5.99. The van der Waals surface area contributed by atoms with Gasteiger partial charge in [-0.3, -0.25) is 4.68 Å². The number of hydrogen-bond acceptors (Lipinski definition) is 5. The van der Waals surface area contributed by atoms with E-state index in [0.717, 1.165) is 0 Å². The highest BCUT2D eigenvalue weighted by atomic mass is 16.4. The Labute approximate surface area is 120 Å². The van der Waals surface area contributed by atoms with Crippen molar-refractivity contribution in [1.82, 2.24) is 9.78 Å². The van der Waals surface area contributed by atoms with Crippen molar-refractivity contribution >= 4 is 11.7 Å². The molecule has 2 rings (SSSR count). The van der Waals surface area contributed by atoms with Crippen LogP contribution < -0.4 is 5.32 Å². The van der Waals surface area contributed by atoms with Crippen LogP contribution in [0.4, 0.5) is 5.69 Å². The fraction of sp³-hybridized carbons (Fsp3) is 0.143. The summed E-state index contributed by atoms with van der Waals surface area (Å²) in [4.78, 5) is 11.1. The Hall–Kier alpha value is -3.32.